The van der Waals surface area contributed by atoms with Crippen molar-refractivity contribution >= 4 is 5.78 Å². The maximum Gasteiger partial charge on any atom is 0.189 e. The van der Waals surface area contributed by atoms with Crippen molar-refractivity contribution in [2.24, 2.45) is 0 Å². The Morgan fingerprint density at radius 3 is 2.79 bits per heavy atom. The van der Waals surface area contributed by atoms with Gasteiger partial charge in [-0.15, -0.1) is 0 Å². The summed E-state index contributed by atoms with van der Waals surface area (Å²) in [7, 11) is 0. The molecule has 0 radical (unpaired) electrons. The topological polar surface area (TPSA) is 37.3 Å². The van der Waals surface area contributed by atoms with E-state index in [0.29, 0.717) is 5.56 Å². The quantitative estimate of drug-likeness (QED) is 0.587. The molecule has 0 bridgehead atoms. The van der Waals surface area contributed by atoms with Crippen molar-refractivity contribution in [1.29, 1.82) is 0 Å². The van der Waals surface area contributed by atoms with Crippen molar-refractivity contribution in [3.8, 4) is 5.75 Å². The van der Waals surface area contributed by atoms with Crippen LogP contribution in [0.5, 0.6) is 5.75 Å². The van der Waals surface area contributed by atoms with Gasteiger partial charge < -0.3 is 5.11 Å². The third kappa shape index (κ3) is 2.22. The second kappa shape index (κ2) is 4.61. The van der Waals surface area contributed by atoms with Crippen LogP contribution < -0.4 is 0 Å². The highest BCUT2D eigenvalue weighted by atomic mass is 16.3. The van der Waals surface area contributed by atoms with E-state index >= 15 is 0 Å². The van der Waals surface area contributed by atoms with Crippen molar-refractivity contribution in [3.05, 3.63) is 41.5 Å². The maximum absolute atomic E-state index is 11.5. The smallest absolute Gasteiger partial charge is 0.189 e. The van der Waals surface area contributed by atoms with Crippen molar-refractivity contribution in [2.75, 3.05) is 0 Å². The van der Waals surface area contributed by atoms with Gasteiger partial charge in [0.2, 0.25) is 0 Å². The summed E-state index contributed by atoms with van der Waals surface area (Å²) in [5.41, 5.74) is 1.43. The maximum atomic E-state index is 11.5. The summed E-state index contributed by atoms with van der Waals surface area (Å²) in [5.74, 6) is -0.106. The molecule has 74 valence electrons. The van der Waals surface area contributed by atoms with Gasteiger partial charge >= 0.3 is 0 Å². The molecule has 14 heavy (non-hydrogen) atoms. The number of ketones is 1. The molecule has 0 fully saturated rings. The molecule has 0 spiro atoms. The SMILES string of the molecule is C/C=C/C(=O)c1cc(CC)ccc1O. The minimum atomic E-state index is -0.152. The number of carbonyl (C=O) groups excluding carboxylic acids is 1. The number of carbonyl (C=O) groups is 1. The average molecular weight is 190 g/mol. The van der Waals surface area contributed by atoms with Crippen LogP contribution in [0.3, 0.4) is 0 Å². The number of hydrogen-bond acceptors (Lipinski definition) is 2. The van der Waals surface area contributed by atoms with E-state index in [4.69, 9.17) is 0 Å². The Labute approximate surface area is 83.9 Å². The molecule has 0 aliphatic rings. The van der Waals surface area contributed by atoms with Crippen LogP contribution in [0.4, 0.5) is 0 Å². The van der Waals surface area contributed by atoms with Gasteiger partial charge in [-0.3, -0.25) is 4.79 Å². The summed E-state index contributed by atoms with van der Waals surface area (Å²) in [6.07, 6.45) is 3.98. The predicted molar refractivity (Wildman–Crippen MR) is 56.6 cm³/mol. The second-order valence-electron chi connectivity index (χ2n) is 3.07. The van der Waals surface area contributed by atoms with Crippen molar-refractivity contribution in [1.82, 2.24) is 0 Å². The number of aryl methyl sites for hydroxylation is 1. The van der Waals surface area contributed by atoms with Gasteiger partial charge in [-0.25, -0.2) is 0 Å². The molecular weight excluding hydrogens is 176 g/mol. The molecule has 1 aromatic carbocycles. The largest absolute Gasteiger partial charge is 0.507 e. The van der Waals surface area contributed by atoms with E-state index in [-0.39, 0.29) is 11.5 Å². The fourth-order valence-corrected chi connectivity index (χ4v) is 1.24. The number of allylic oxidation sites excluding steroid dienone is 2. The first-order chi connectivity index (χ1) is 6.69. The van der Waals surface area contributed by atoms with E-state index in [1.807, 2.05) is 13.0 Å². The summed E-state index contributed by atoms with van der Waals surface area (Å²) in [6, 6.07) is 5.12. The van der Waals surface area contributed by atoms with Gasteiger partial charge in [-0.05, 0) is 37.1 Å². The molecule has 0 amide bonds. The van der Waals surface area contributed by atoms with Gasteiger partial charge in [0.25, 0.3) is 0 Å². The lowest BCUT2D eigenvalue weighted by Gasteiger charge is -2.03. The van der Waals surface area contributed by atoms with E-state index in [0.717, 1.165) is 12.0 Å². The van der Waals surface area contributed by atoms with Crippen LogP contribution in [0.2, 0.25) is 0 Å². The first-order valence-electron chi connectivity index (χ1n) is 4.68. The normalized spacial score (nSPS) is 10.7. The summed E-state index contributed by atoms with van der Waals surface area (Å²) in [5, 5.41) is 9.47. The number of rotatable bonds is 3. The van der Waals surface area contributed by atoms with Crippen molar-refractivity contribution < 1.29 is 9.90 Å². The molecular formula is C12H14O2. The molecule has 1 aromatic rings. The molecule has 0 unspecified atom stereocenters. The Kier molecular flexibility index (Phi) is 3.46. The van der Waals surface area contributed by atoms with Crippen LogP contribution in [0.1, 0.15) is 29.8 Å². The number of phenols is 1. The van der Waals surface area contributed by atoms with Crippen LogP contribution in [0.15, 0.2) is 30.4 Å². The third-order valence-electron chi connectivity index (χ3n) is 2.05. The summed E-state index contributed by atoms with van der Waals surface area (Å²) in [6.45, 7) is 3.79. The molecule has 0 saturated heterocycles. The first-order valence-corrected chi connectivity index (χ1v) is 4.68. The predicted octanol–water partition coefficient (Wildman–Crippen LogP) is 2.71. The van der Waals surface area contributed by atoms with Crippen molar-refractivity contribution in [3.63, 3.8) is 0 Å². The van der Waals surface area contributed by atoms with Crippen LogP contribution in [0, 0.1) is 0 Å². The highest BCUT2D eigenvalue weighted by molar-refractivity contribution is 6.06. The summed E-state index contributed by atoms with van der Waals surface area (Å²) < 4.78 is 0. The Balaban J connectivity index is 3.12. The third-order valence-corrected chi connectivity index (χ3v) is 2.05. The lowest BCUT2D eigenvalue weighted by Crippen LogP contribution is -1.96. The lowest BCUT2D eigenvalue weighted by molar-refractivity contribution is 0.104. The summed E-state index contributed by atoms with van der Waals surface area (Å²) >= 11 is 0. The second-order valence-corrected chi connectivity index (χ2v) is 3.07. The fourth-order valence-electron chi connectivity index (χ4n) is 1.24. The van der Waals surface area contributed by atoms with Crippen LogP contribution in [-0.4, -0.2) is 10.9 Å². The number of benzene rings is 1. The van der Waals surface area contributed by atoms with E-state index < -0.39 is 0 Å². The molecule has 2 nitrogen and oxygen atoms in total. The van der Waals surface area contributed by atoms with Gasteiger partial charge in [-0.1, -0.05) is 19.1 Å². The van der Waals surface area contributed by atoms with Gasteiger partial charge in [0.15, 0.2) is 5.78 Å². The zero-order valence-electron chi connectivity index (χ0n) is 8.45. The van der Waals surface area contributed by atoms with E-state index in [9.17, 15) is 9.90 Å². The van der Waals surface area contributed by atoms with Crippen molar-refractivity contribution in [2.45, 2.75) is 20.3 Å². The molecule has 0 saturated carbocycles. The molecule has 0 aromatic heterocycles. The molecule has 1 N–H and O–H groups in total. The van der Waals surface area contributed by atoms with Gasteiger partial charge in [-0.2, -0.15) is 0 Å². The number of phenolic OH excluding ortho intramolecular Hbond substituents is 1. The zero-order chi connectivity index (χ0) is 10.6. The first kappa shape index (κ1) is 10.5. The molecule has 0 atom stereocenters. The Bertz CT molecular complexity index is 365. The van der Waals surface area contributed by atoms with Gasteiger partial charge in [0.05, 0.1) is 5.56 Å². The fraction of sp³-hybridized carbons (Fsp3) is 0.250. The van der Waals surface area contributed by atoms with Gasteiger partial charge in [0, 0.05) is 0 Å². The Morgan fingerprint density at radius 2 is 2.21 bits per heavy atom. The molecule has 2 heteroatoms. The average Bonchev–Trinajstić information content (AvgIpc) is 2.19. The minimum absolute atomic E-state index is 0.0466. The minimum Gasteiger partial charge on any atom is -0.507 e. The number of aromatic hydroxyl groups is 1. The molecule has 0 aliphatic carbocycles. The van der Waals surface area contributed by atoms with E-state index in [1.165, 1.54) is 6.08 Å². The molecule has 0 aliphatic heterocycles. The van der Waals surface area contributed by atoms with Gasteiger partial charge in [0.1, 0.15) is 5.75 Å². The molecule has 0 heterocycles. The van der Waals surface area contributed by atoms with Crippen LogP contribution in [0.25, 0.3) is 0 Å². The Hall–Kier alpha value is -1.57. The van der Waals surface area contributed by atoms with E-state index in [2.05, 4.69) is 0 Å². The van der Waals surface area contributed by atoms with Crippen LogP contribution in [-0.2, 0) is 6.42 Å². The zero-order valence-corrected chi connectivity index (χ0v) is 8.45. The van der Waals surface area contributed by atoms with E-state index in [1.54, 1.807) is 25.1 Å². The summed E-state index contributed by atoms with van der Waals surface area (Å²) in [4.78, 5) is 11.5. The lowest BCUT2D eigenvalue weighted by atomic mass is 10.0. The highest BCUT2D eigenvalue weighted by Gasteiger charge is 2.07. The van der Waals surface area contributed by atoms with Crippen LogP contribution >= 0.6 is 0 Å². The highest BCUT2D eigenvalue weighted by Crippen LogP contribution is 2.19. The molecule has 1 rings (SSSR count). The standard InChI is InChI=1S/C12H14O2/c1-3-5-11(13)10-8-9(4-2)6-7-12(10)14/h3,5-8,14H,4H2,1-2H3/b5-3+. The Morgan fingerprint density at radius 1 is 1.50 bits per heavy atom. The monoisotopic (exact) mass is 190 g/mol. The number of hydrogen-bond donors (Lipinski definition) is 1.